The molecule has 4 rings (SSSR count). The molecule has 2 aromatic carbocycles. The van der Waals surface area contributed by atoms with Gasteiger partial charge in [0, 0.05) is 10.3 Å². The minimum Gasteiger partial charge on any atom is -0.462 e. The summed E-state index contributed by atoms with van der Waals surface area (Å²) in [5.74, 6) is -0.309. The van der Waals surface area contributed by atoms with E-state index in [1.54, 1.807) is 11.3 Å². The van der Waals surface area contributed by atoms with Crippen LogP contribution in [0.3, 0.4) is 0 Å². The van der Waals surface area contributed by atoms with Gasteiger partial charge in [0.1, 0.15) is 11.3 Å². The Morgan fingerprint density at radius 1 is 1.15 bits per heavy atom. The highest BCUT2D eigenvalue weighted by Crippen LogP contribution is 2.42. The summed E-state index contributed by atoms with van der Waals surface area (Å²) in [5, 5.41) is 11.5. The molecule has 0 saturated heterocycles. The lowest BCUT2D eigenvalue weighted by Gasteiger charge is -2.11. The van der Waals surface area contributed by atoms with Crippen LogP contribution in [0.15, 0.2) is 46.6 Å². The number of carbonyl (C=O) groups is 1. The van der Waals surface area contributed by atoms with Crippen LogP contribution in [-0.2, 0) is 17.6 Å². The summed E-state index contributed by atoms with van der Waals surface area (Å²) in [4.78, 5) is 13.8. The van der Waals surface area contributed by atoms with E-state index in [0.717, 1.165) is 42.0 Å². The van der Waals surface area contributed by atoms with Gasteiger partial charge in [-0.15, -0.1) is 21.6 Å². The molecule has 5 nitrogen and oxygen atoms in total. The number of aryl methyl sites for hydroxylation is 1. The molecule has 0 fully saturated rings. The van der Waals surface area contributed by atoms with Crippen molar-refractivity contribution in [1.82, 2.24) is 0 Å². The number of benzene rings is 2. The second-order valence-corrected chi connectivity index (χ2v) is 7.62. The predicted octanol–water partition coefficient (Wildman–Crippen LogP) is 5.95. The number of nitrogens with two attached hydrogens (primary N) is 1. The van der Waals surface area contributed by atoms with Crippen molar-refractivity contribution in [3.05, 3.63) is 52.4 Å². The van der Waals surface area contributed by atoms with Gasteiger partial charge in [-0.3, -0.25) is 0 Å². The minimum atomic E-state index is -0.309. The topological polar surface area (TPSA) is 77.0 Å². The van der Waals surface area contributed by atoms with Crippen molar-refractivity contribution in [3.8, 4) is 0 Å². The van der Waals surface area contributed by atoms with Gasteiger partial charge in [-0.05, 0) is 49.6 Å². The van der Waals surface area contributed by atoms with E-state index in [1.807, 2.05) is 43.3 Å². The molecular weight excluding hydrogens is 358 g/mol. The number of thiophene rings is 1. The highest BCUT2D eigenvalue weighted by molar-refractivity contribution is 7.16. The number of esters is 1. The number of nitrogens with zero attached hydrogens (tertiary/aromatic N) is 2. The SMILES string of the molecule is CCOC(=O)c1c(N=Nc2c(N)ccc3ccccc23)sc2c1CCCC2. The molecule has 0 unspecified atom stereocenters. The molecule has 0 aliphatic heterocycles. The summed E-state index contributed by atoms with van der Waals surface area (Å²) in [7, 11) is 0. The van der Waals surface area contributed by atoms with E-state index < -0.39 is 0 Å². The summed E-state index contributed by atoms with van der Waals surface area (Å²) in [5.41, 5.74) is 9.02. The number of azo groups is 1. The van der Waals surface area contributed by atoms with Crippen LogP contribution in [0.4, 0.5) is 16.4 Å². The molecule has 27 heavy (non-hydrogen) atoms. The Hall–Kier alpha value is -2.73. The average molecular weight is 379 g/mol. The summed E-state index contributed by atoms with van der Waals surface area (Å²) in [6, 6.07) is 11.7. The molecule has 1 aliphatic rings. The van der Waals surface area contributed by atoms with Crippen molar-refractivity contribution in [2.24, 2.45) is 10.2 Å². The van der Waals surface area contributed by atoms with Crippen molar-refractivity contribution in [2.75, 3.05) is 12.3 Å². The third kappa shape index (κ3) is 3.32. The molecule has 0 atom stereocenters. The van der Waals surface area contributed by atoms with E-state index in [4.69, 9.17) is 10.5 Å². The van der Waals surface area contributed by atoms with E-state index in [-0.39, 0.29) is 5.97 Å². The summed E-state index contributed by atoms with van der Waals surface area (Å²) in [6.45, 7) is 2.16. The monoisotopic (exact) mass is 379 g/mol. The first-order valence-corrected chi connectivity index (χ1v) is 10.0. The first-order valence-electron chi connectivity index (χ1n) is 9.19. The molecule has 3 aromatic rings. The van der Waals surface area contributed by atoms with Gasteiger partial charge in [0.05, 0.1) is 12.3 Å². The number of hydrogen-bond acceptors (Lipinski definition) is 6. The Labute approximate surface area is 161 Å². The summed E-state index contributed by atoms with van der Waals surface area (Å²) >= 11 is 1.54. The Morgan fingerprint density at radius 2 is 1.96 bits per heavy atom. The second-order valence-electron chi connectivity index (χ2n) is 6.54. The van der Waals surface area contributed by atoms with Crippen molar-refractivity contribution in [2.45, 2.75) is 32.6 Å². The smallest absolute Gasteiger partial charge is 0.341 e. The van der Waals surface area contributed by atoms with Gasteiger partial charge in [-0.1, -0.05) is 30.3 Å². The molecule has 1 heterocycles. The van der Waals surface area contributed by atoms with Crippen molar-refractivity contribution < 1.29 is 9.53 Å². The fourth-order valence-corrected chi connectivity index (χ4v) is 4.71. The van der Waals surface area contributed by atoms with Crippen LogP contribution in [0.25, 0.3) is 10.8 Å². The number of carbonyl (C=O) groups excluding carboxylic acids is 1. The standard InChI is InChI=1S/C21H21N3O2S/c1-2-26-21(25)18-15-9-5-6-10-17(15)27-20(18)24-23-19-14-8-4-3-7-13(14)11-12-16(19)22/h3-4,7-8,11-12H,2,5-6,9-10,22H2,1H3. The predicted molar refractivity (Wildman–Crippen MR) is 109 cm³/mol. The van der Waals surface area contributed by atoms with Crippen LogP contribution in [0.2, 0.25) is 0 Å². The molecule has 0 spiro atoms. The maximum Gasteiger partial charge on any atom is 0.341 e. The van der Waals surface area contributed by atoms with E-state index in [2.05, 4.69) is 10.2 Å². The van der Waals surface area contributed by atoms with Gasteiger partial charge in [-0.2, -0.15) is 0 Å². The molecule has 0 radical (unpaired) electrons. The van der Waals surface area contributed by atoms with Crippen molar-refractivity contribution >= 4 is 44.5 Å². The minimum absolute atomic E-state index is 0.309. The number of nitrogen functional groups attached to an aromatic ring is 1. The maximum absolute atomic E-state index is 12.5. The van der Waals surface area contributed by atoms with Crippen LogP contribution >= 0.6 is 11.3 Å². The van der Waals surface area contributed by atoms with Crippen LogP contribution < -0.4 is 5.73 Å². The fraction of sp³-hybridized carbons (Fsp3) is 0.286. The van der Waals surface area contributed by atoms with E-state index in [0.29, 0.717) is 28.5 Å². The molecule has 6 heteroatoms. The summed E-state index contributed by atoms with van der Waals surface area (Å²) in [6.07, 6.45) is 4.11. The maximum atomic E-state index is 12.5. The lowest BCUT2D eigenvalue weighted by atomic mass is 9.95. The second kappa shape index (κ2) is 7.48. The quantitative estimate of drug-likeness (QED) is 0.345. The third-order valence-electron chi connectivity index (χ3n) is 4.80. The van der Waals surface area contributed by atoms with E-state index in [1.165, 1.54) is 4.88 Å². The van der Waals surface area contributed by atoms with Gasteiger partial charge >= 0.3 is 5.97 Å². The number of rotatable bonds is 4. The van der Waals surface area contributed by atoms with Gasteiger partial charge < -0.3 is 10.5 Å². The number of hydrogen-bond donors (Lipinski definition) is 1. The molecule has 138 valence electrons. The summed E-state index contributed by atoms with van der Waals surface area (Å²) < 4.78 is 5.28. The Morgan fingerprint density at radius 3 is 2.81 bits per heavy atom. The van der Waals surface area contributed by atoms with Gasteiger partial charge in [0.25, 0.3) is 0 Å². The van der Waals surface area contributed by atoms with Crippen molar-refractivity contribution in [3.63, 3.8) is 0 Å². The molecule has 0 bridgehead atoms. The molecule has 2 N–H and O–H groups in total. The van der Waals surface area contributed by atoms with Gasteiger partial charge in [0.2, 0.25) is 0 Å². The normalized spacial score (nSPS) is 13.8. The zero-order valence-corrected chi connectivity index (χ0v) is 16.0. The van der Waals surface area contributed by atoms with Crippen LogP contribution in [0.1, 0.15) is 40.6 Å². The first-order chi connectivity index (χ1) is 13.2. The highest BCUT2D eigenvalue weighted by atomic mass is 32.1. The zero-order chi connectivity index (χ0) is 18.8. The fourth-order valence-electron chi connectivity index (χ4n) is 3.51. The third-order valence-corrected chi connectivity index (χ3v) is 5.98. The molecule has 1 aliphatic carbocycles. The largest absolute Gasteiger partial charge is 0.462 e. The molecule has 0 amide bonds. The van der Waals surface area contributed by atoms with Crippen molar-refractivity contribution in [1.29, 1.82) is 0 Å². The van der Waals surface area contributed by atoms with E-state index >= 15 is 0 Å². The number of anilines is 1. The van der Waals surface area contributed by atoms with Crippen LogP contribution in [-0.4, -0.2) is 12.6 Å². The number of ether oxygens (including phenoxy) is 1. The van der Waals surface area contributed by atoms with Gasteiger partial charge in [0.15, 0.2) is 5.00 Å². The Balaban J connectivity index is 1.80. The van der Waals surface area contributed by atoms with Gasteiger partial charge in [-0.25, -0.2) is 4.79 Å². The molecular formula is C21H21N3O2S. The highest BCUT2D eigenvalue weighted by Gasteiger charge is 2.26. The molecule has 1 aromatic heterocycles. The van der Waals surface area contributed by atoms with E-state index in [9.17, 15) is 4.79 Å². The first kappa shape index (κ1) is 17.7. The zero-order valence-electron chi connectivity index (χ0n) is 15.2. The molecule has 0 saturated carbocycles. The van der Waals surface area contributed by atoms with Crippen LogP contribution in [0, 0.1) is 0 Å². The Bertz CT molecular complexity index is 1040. The number of fused-ring (bicyclic) bond motifs is 2. The Kier molecular flexibility index (Phi) is 4.90. The lowest BCUT2D eigenvalue weighted by molar-refractivity contribution is 0.0526. The lowest BCUT2D eigenvalue weighted by Crippen LogP contribution is -2.09. The average Bonchev–Trinajstić information content (AvgIpc) is 3.06. The van der Waals surface area contributed by atoms with Crippen LogP contribution in [0.5, 0.6) is 0 Å².